The van der Waals surface area contributed by atoms with Crippen molar-refractivity contribution in [2.45, 2.75) is 23.5 Å². The Bertz CT molecular complexity index is 1340. The van der Waals surface area contributed by atoms with Gasteiger partial charge in [-0.15, -0.1) is 11.8 Å². The van der Waals surface area contributed by atoms with Crippen molar-refractivity contribution in [3.05, 3.63) is 101 Å². The predicted molar refractivity (Wildman–Crippen MR) is 140 cm³/mol. The van der Waals surface area contributed by atoms with Crippen molar-refractivity contribution >= 4 is 47.2 Å². The van der Waals surface area contributed by atoms with Crippen molar-refractivity contribution in [3.63, 3.8) is 0 Å². The van der Waals surface area contributed by atoms with Crippen molar-refractivity contribution in [3.8, 4) is 0 Å². The minimum absolute atomic E-state index is 0.106. The molecule has 0 saturated carbocycles. The maximum absolute atomic E-state index is 13.2. The van der Waals surface area contributed by atoms with Crippen LogP contribution in [-0.2, 0) is 14.4 Å². The van der Waals surface area contributed by atoms with Gasteiger partial charge in [-0.2, -0.15) is 0 Å². The third-order valence-electron chi connectivity index (χ3n) is 5.75. The smallest absolute Gasteiger partial charge is 0.272 e. The Morgan fingerprint density at radius 3 is 2.25 bits per heavy atom. The summed E-state index contributed by atoms with van der Waals surface area (Å²) in [6, 6.07) is 23.2. The lowest BCUT2D eigenvalue weighted by atomic mass is 10.1. The Kier molecular flexibility index (Phi) is 7.65. The van der Waals surface area contributed by atoms with Crippen LogP contribution >= 0.6 is 11.8 Å². The molecule has 0 spiro atoms. The average Bonchev–Trinajstić information content (AvgIpc) is 3.12. The number of carbonyl (C=O) groups excluding carboxylic acids is 4. The molecular weight excluding hydrogens is 474 g/mol. The van der Waals surface area contributed by atoms with E-state index in [4.69, 9.17) is 0 Å². The zero-order valence-corrected chi connectivity index (χ0v) is 20.7. The van der Waals surface area contributed by atoms with Gasteiger partial charge in [0.05, 0.1) is 5.25 Å². The molecule has 1 atom stereocenters. The topological polar surface area (TPSA) is 95.6 Å². The average molecular weight is 500 g/mol. The highest BCUT2D eigenvalue weighted by atomic mass is 32.2. The summed E-state index contributed by atoms with van der Waals surface area (Å²) in [6.07, 6.45) is 1.82. The summed E-state index contributed by atoms with van der Waals surface area (Å²) in [4.78, 5) is 51.8. The van der Waals surface area contributed by atoms with Crippen LogP contribution in [0.5, 0.6) is 0 Å². The number of hydrogen-bond acceptors (Lipinski definition) is 5. The molecule has 4 rings (SSSR count). The molecular formula is C28H25N3O4S. The molecule has 0 aromatic heterocycles. The quantitative estimate of drug-likeness (QED) is 0.374. The van der Waals surface area contributed by atoms with Crippen LogP contribution in [0.15, 0.2) is 89.5 Å². The van der Waals surface area contributed by atoms with Crippen molar-refractivity contribution in [1.29, 1.82) is 0 Å². The lowest BCUT2D eigenvalue weighted by Crippen LogP contribution is -2.30. The summed E-state index contributed by atoms with van der Waals surface area (Å²) >= 11 is 1.32. The summed E-state index contributed by atoms with van der Waals surface area (Å²) in [7, 11) is 1.49. The molecule has 3 aromatic carbocycles. The van der Waals surface area contributed by atoms with Gasteiger partial charge < -0.3 is 10.6 Å². The van der Waals surface area contributed by atoms with E-state index < -0.39 is 17.1 Å². The van der Waals surface area contributed by atoms with Gasteiger partial charge in [0.15, 0.2) is 0 Å². The standard InChI is InChI=1S/C28H25N3O4S/c1-18-8-6-7-11-20(18)16-23(30-26(33)19-9-4-3-5-10-19)27(34)29-21-12-14-22(15-13-21)36-24-17-25(32)31(2)28(24)35/h3-16,24H,17H2,1-2H3,(H,29,34)(H,30,33)/b23-16-. The van der Waals surface area contributed by atoms with Crippen LogP contribution in [0.3, 0.4) is 0 Å². The molecule has 1 aliphatic rings. The molecule has 3 aromatic rings. The van der Waals surface area contributed by atoms with E-state index in [1.165, 1.54) is 18.8 Å². The molecule has 1 aliphatic heterocycles. The zero-order valence-electron chi connectivity index (χ0n) is 19.9. The first-order valence-corrected chi connectivity index (χ1v) is 12.2. The second-order valence-electron chi connectivity index (χ2n) is 8.31. The number of imide groups is 1. The lowest BCUT2D eigenvalue weighted by Gasteiger charge is -2.13. The fraction of sp³-hybridized carbons (Fsp3) is 0.143. The number of rotatable bonds is 7. The van der Waals surface area contributed by atoms with Gasteiger partial charge >= 0.3 is 0 Å². The second kappa shape index (κ2) is 11.0. The maximum Gasteiger partial charge on any atom is 0.272 e. The van der Waals surface area contributed by atoms with Crippen LogP contribution in [0, 0.1) is 6.92 Å². The lowest BCUT2D eigenvalue weighted by molar-refractivity contribution is -0.136. The molecule has 0 aliphatic carbocycles. The first-order valence-electron chi connectivity index (χ1n) is 11.3. The van der Waals surface area contributed by atoms with E-state index in [9.17, 15) is 19.2 Å². The summed E-state index contributed by atoms with van der Waals surface area (Å²) in [6.45, 7) is 1.93. The van der Waals surface area contributed by atoms with Gasteiger partial charge in [0.25, 0.3) is 11.8 Å². The van der Waals surface area contributed by atoms with E-state index >= 15 is 0 Å². The minimum Gasteiger partial charge on any atom is -0.321 e. The minimum atomic E-state index is -0.471. The summed E-state index contributed by atoms with van der Waals surface area (Å²) in [5, 5.41) is 5.11. The van der Waals surface area contributed by atoms with Crippen LogP contribution in [0.25, 0.3) is 6.08 Å². The van der Waals surface area contributed by atoms with Crippen molar-refractivity contribution < 1.29 is 19.2 Å². The Labute approximate surface area is 213 Å². The van der Waals surface area contributed by atoms with Gasteiger partial charge in [-0.25, -0.2) is 0 Å². The third-order valence-corrected chi connectivity index (χ3v) is 6.94. The Balaban J connectivity index is 1.50. The SMILES string of the molecule is Cc1ccccc1/C=C(\NC(=O)c1ccccc1)C(=O)Nc1ccc(SC2CC(=O)N(C)C2=O)cc1. The second-order valence-corrected chi connectivity index (χ2v) is 9.59. The van der Waals surface area contributed by atoms with Crippen LogP contribution in [0.1, 0.15) is 27.9 Å². The van der Waals surface area contributed by atoms with Crippen LogP contribution in [0.2, 0.25) is 0 Å². The number of hydrogen-bond donors (Lipinski definition) is 2. The first-order chi connectivity index (χ1) is 17.3. The number of amides is 4. The Morgan fingerprint density at radius 1 is 0.944 bits per heavy atom. The fourth-order valence-electron chi connectivity index (χ4n) is 3.64. The number of likely N-dealkylation sites (tertiary alicyclic amines) is 1. The number of aryl methyl sites for hydroxylation is 1. The first kappa shape index (κ1) is 24.9. The highest BCUT2D eigenvalue weighted by Gasteiger charge is 2.36. The molecule has 182 valence electrons. The van der Waals surface area contributed by atoms with Gasteiger partial charge in [-0.3, -0.25) is 24.1 Å². The van der Waals surface area contributed by atoms with Gasteiger partial charge in [-0.1, -0.05) is 42.5 Å². The van der Waals surface area contributed by atoms with Crippen LogP contribution < -0.4 is 10.6 Å². The molecule has 1 unspecified atom stereocenters. The molecule has 1 saturated heterocycles. The van der Waals surface area contributed by atoms with Gasteiger partial charge in [0.1, 0.15) is 5.70 Å². The molecule has 0 bridgehead atoms. The number of anilines is 1. The molecule has 7 nitrogen and oxygen atoms in total. The largest absolute Gasteiger partial charge is 0.321 e. The van der Waals surface area contributed by atoms with E-state index in [0.717, 1.165) is 20.9 Å². The van der Waals surface area contributed by atoms with E-state index in [1.807, 2.05) is 37.3 Å². The molecule has 36 heavy (non-hydrogen) atoms. The van der Waals surface area contributed by atoms with Gasteiger partial charge in [0.2, 0.25) is 11.8 Å². The summed E-state index contributed by atoms with van der Waals surface area (Å²) in [5.41, 5.74) is 2.84. The monoisotopic (exact) mass is 499 g/mol. The summed E-state index contributed by atoms with van der Waals surface area (Å²) in [5.74, 6) is -1.26. The zero-order chi connectivity index (χ0) is 25.7. The van der Waals surface area contributed by atoms with Crippen molar-refractivity contribution in [1.82, 2.24) is 10.2 Å². The van der Waals surface area contributed by atoms with Crippen molar-refractivity contribution in [2.24, 2.45) is 0 Å². The van der Waals surface area contributed by atoms with Crippen LogP contribution in [0.4, 0.5) is 5.69 Å². The predicted octanol–water partition coefficient (Wildman–Crippen LogP) is 4.25. The highest BCUT2D eigenvalue weighted by Crippen LogP contribution is 2.31. The number of benzene rings is 3. The van der Waals surface area contributed by atoms with E-state index in [2.05, 4.69) is 10.6 Å². The van der Waals surface area contributed by atoms with E-state index in [-0.39, 0.29) is 23.9 Å². The fourth-order valence-corrected chi connectivity index (χ4v) is 4.75. The van der Waals surface area contributed by atoms with Gasteiger partial charge in [-0.05, 0) is 60.5 Å². The number of nitrogens with one attached hydrogen (secondary N) is 2. The molecule has 0 radical (unpaired) electrons. The molecule has 1 heterocycles. The molecule has 4 amide bonds. The van der Waals surface area contributed by atoms with Crippen molar-refractivity contribution in [2.75, 3.05) is 12.4 Å². The maximum atomic E-state index is 13.2. The normalized spacial score (nSPS) is 15.7. The molecule has 1 fully saturated rings. The third kappa shape index (κ3) is 5.90. The Morgan fingerprint density at radius 2 is 1.61 bits per heavy atom. The van der Waals surface area contributed by atoms with E-state index in [1.54, 1.807) is 54.6 Å². The number of thioether (sulfide) groups is 1. The van der Waals surface area contributed by atoms with Gasteiger partial charge in [0, 0.05) is 29.6 Å². The Hall–Kier alpha value is -4.17. The molecule has 2 N–H and O–H groups in total. The molecule has 8 heteroatoms. The van der Waals surface area contributed by atoms with E-state index in [0.29, 0.717) is 11.3 Å². The van der Waals surface area contributed by atoms with Crippen LogP contribution in [-0.4, -0.2) is 40.8 Å². The highest BCUT2D eigenvalue weighted by molar-refractivity contribution is 8.00. The number of carbonyl (C=O) groups is 4. The number of nitrogens with zero attached hydrogens (tertiary/aromatic N) is 1. The summed E-state index contributed by atoms with van der Waals surface area (Å²) < 4.78 is 0.